The van der Waals surface area contributed by atoms with Gasteiger partial charge in [-0.1, -0.05) is 12.8 Å². The van der Waals surface area contributed by atoms with Crippen molar-refractivity contribution in [3.63, 3.8) is 0 Å². The van der Waals surface area contributed by atoms with E-state index in [-0.39, 0.29) is 12.6 Å². The summed E-state index contributed by atoms with van der Waals surface area (Å²) >= 11 is 0. The van der Waals surface area contributed by atoms with Crippen LogP contribution in [0.1, 0.15) is 52.9 Å². The van der Waals surface area contributed by atoms with Crippen LogP contribution in [0.4, 0.5) is 9.59 Å². The summed E-state index contributed by atoms with van der Waals surface area (Å²) in [7, 11) is -3.55. The number of piperidine rings is 1. The zero-order valence-corrected chi connectivity index (χ0v) is 20.2. The van der Waals surface area contributed by atoms with Crippen LogP contribution in [0.15, 0.2) is 4.99 Å². The number of carbonyl (C=O) groups is 2. The van der Waals surface area contributed by atoms with Crippen molar-refractivity contribution in [2.24, 2.45) is 16.6 Å². The molecule has 0 aromatic heterocycles. The summed E-state index contributed by atoms with van der Waals surface area (Å²) in [6, 6.07) is 0. The van der Waals surface area contributed by atoms with Crippen molar-refractivity contribution < 1.29 is 31.7 Å². The first-order valence-electron chi connectivity index (χ1n) is 10.9. The molecule has 0 aromatic carbocycles. The highest BCUT2D eigenvalue weighted by Gasteiger charge is 2.31. The molecule has 2 aliphatic rings. The number of cyclic esters (lactones) is 1. The van der Waals surface area contributed by atoms with Gasteiger partial charge in [0.1, 0.15) is 18.3 Å². The molecule has 0 aromatic rings. The molecule has 2 fully saturated rings. The standard InChI is InChI=1S/C20H36N4O7S/c1-20(2,3)31-18(25)22-17(21)23-11-8-15(9-12-23)7-5-6-10-24-13-16(30-19(24)26)14-29-32(4,27)28/h15-16H,5-14H2,1-4H3,(H2,21,22,25). The van der Waals surface area contributed by atoms with Gasteiger partial charge in [-0.15, -0.1) is 4.99 Å². The molecular formula is C20H36N4O7S. The van der Waals surface area contributed by atoms with Crippen LogP contribution in [-0.2, 0) is 23.8 Å². The molecule has 2 saturated heterocycles. The van der Waals surface area contributed by atoms with Gasteiger partial charge in [0.2, 0.25) is 5.96 Å². The number of ether oxygens (including phenoxy) is 2. The molecule has 0 aliphatic carbocycles. The molecule has 11 nitrogen and oxygen atoms in total. The number of rotatable bonds is 8. The highest BCUT2D eigenvalue weighted by atomic mass is 32.2. The van der Waals surface area contributed by atoms with Crippen LogP contribution in [0, 0.1) is 5.92 Å². The molecule has 1 unspecified atom stereocenters. The lowest BCUT2D eigenvalue weighted by molar-refractivity contribution is 0.0601. The quantitative estimate of drug-likeness (QED) is 0.241. The zero-order chi connectivity index (χ0) is 23.9. The molecule has 0 spiro atoms. The van der Waals surface area contributed by atoms with Gasteiger partial charge in [-0.25, -0.2) is 9.59 Å². The van der Waals surface area contributed by atoms with Crippen molar-refractivity contribution in [3.05, 3.63) is 0 Å². The fourth-order valence-corrected chi connectivity index (χ4v) is 4.08. The number of guanidine groups is 1. The highest BCUT2D eigenvalue weighted by molar-refractivity contribution is 7.85. The van der Waals surface area contributed by atoms with Gasteiger partial charge in [0.15, 0.2) is 0 Å². The molecule has 2 rings (SSSR count). The minimum absolute atomic E-state index is 0.153. The fraction of sp³-hybridized carbons (Fsp3) is 0.850. The van der Waals surface area contributed by atoms with Crippen LogP contribution in [0.3, 0.4) is 0 Å². The summed E-state index contributed by atoms with van der Waals surface area (Å²) in [4.78, 5) is 31.0. The normalized spacial score (nSPS) is 21.1. The first kappa shape index (κ1) is 26.2. The molecule has 0 radical (unpaired) electrons. The largest absolute Gasteiger partial charge is 0.442 e. The number of unbranched alkanes of at least 4 members (excludes halogenated alkanes) is 1. The summed E-state index contributed by atoms with van der Waals surface area (Å²) in [6.07, 6.45) is 4.08. The van der Waals surface area contributed by atoms with Gasteiger partial charge in [0.25, 0.3) is 10.1 Å². The van der Waals surface area contributed by atoms with Crippen molar-refractivity contribution in [2.75, 3.05) is 39.0 Å². The maximum absolute atomic E-state index is 11.9. The SMILES string of the molecule is CC(C)(C)OC(=O)N=C(N)N1CCC(CCCCN2CC(COS(C)(=O)=O)OC2=O)CC1. The van der Waals surface area contributed by atoms with E-state index in [9.17, 15) is 18.0 Å². The van der Waals surface area contributed by atoms with Crippen LogP contribution < -0.4 is 5.73 Å². The van der Waals surface area contributed by atoms with Gasteiger partial charge in [0, 0.05) is 19.6 Å². The van der Waals surface area contributed by atoms with Gasteiger partial charge in [0.05, 0.1) is 12.8 Å². The second kappa shape index (κ2) is 11.2. The number of nitrogens with two attached hydrogens (primary N) is 1. The second-order valence-electron chi connectivity index (χ2n) is 9.32. The van der Waals surface area contributed by atoms with Gasteiger partial charge in [-0.3, -0.25) is 4.18 Å². The van der Waals surface area contributed by atoms with E-state index < -0.39 is 34.0 Å². The molecule has 2 N–H and O–H groups in total. The molecular weight excluding hydrogens is 440 g/mol. The summed E-state index contributed by atoms with van der Waals surface area (Å²) in [5, 5.41) is 0. The number of aliphatic imine (C=N–C) groups is 1. The molecule has 12 heteroatoms. The Kier molecular flexibility index (Phi) is 9.14. The first-order valence-corrected chi connectivity index (χ1v) is 12.8. The van der Waals surface area contributed by atoms with Crippen LogP contribution in [-0.4, -0.2) is 87.1 Å². The fourth-order valence-electron chi connectivity index (χ4n) is 3.68. The van der Waals surface area contributed by atoms with Gasteiger partial charge >= 0.3 is 12.2 Å². The van der Waals surface area contributed by atoms with E-state index in [1.165, 1.54) is 0 Å². The third-order valence-corrected chi connectivity index (χ3v) is 5.81. The van der Waals surface area contributed by atoms with E-state index in [0.29, 0.717) is 19.0 Å². The van der Waals surface area contributed by atoms with Crippen molar-refractivity contribution in [3.8, 4) is 0 Å². The number of carbonyl (C=O) groups excluding carboxylic acids is 2. The van der Waals surface area contributed by atoms with Gasteiger partial charge < -0.3 is 25.0 Å². The summed E-state index contributed by atoms with van der Waals surface area (Å²) in [5.41, 5.74) is 5.35. The number of hydrogen-bond acceptors (Lipinski definition) is 7. The number of hydrogen-bond donors (Lipinski definition) is 1. The Labute approximate surface area is 190 Å². The highest BCUT2D eigenvalue weighted by Crippen LogP contribution is 2.23. The Balaban J connectivity index is 1.63. The lowest BCUT2D eigenvalue weighted by Crippen LogP contribution is -2.43. The van der Waals surface area contributed by atoms with E-state index in [1.807, 2.05) is 4.90 Å². The van der Waals surface area contributed by atoms with Crippen LogP contribution >= 0.6 is 0 Å². The topological polar surface area (TPSA) is 141 Å². The Morgan fingerprint density at radius 2 is 1.91 bits per heavy atom. The van der Waals surface area contributed by atoms with Crippen LogP contribution in [0.25, 0.3) is 0 Å². The minimum Gasteiger partial charge on any atom is -0.442 e. The summed E-state index contributed by atoms with van der Waals surface area (Å²) in [6.45, 7) is 7.57. The van der Waals surface area contributed by atoms with Crippen LogP contribution in [0.2, 0.25) is 0 Å². The monoisotopic (exact) mass is 476 g/mol. The summed E-state index contributed by atoms with van der Waals surface area (Å²) < 4.78 is 37.1. The van der Waals surface area contributed by atoms with E-state index in [0.717, 1.165) is 51.4 Å². The molecule has 2 aliphatic heterocycles. The van der Waals surface area contributed by atoms with Crippen molar-refractivity contribution in [1.82, 2.24) is 9.80 Å². The van der Waals surface area contributed by atoms with Crippen molar-refractivity contribution in [1.29, 1.82) is 0 Å². The lowest BCUT2D eigenvalue weighted by atomic mass is 9.91. The zero-order valence-electron chi connectivity index (χ0n) is 19.4. The maximum atomic E-state index is 11.9. The molecule has 1 atom stereocenters. The second-order valence-corrected chi connectivity index (χ2v) is 11.0. The average molecular weight is 477 g/mol. The molecule has 0 saturated carbocycles. The molecule has 0 bridgehead atoms. The van der Waals surface area contributed by atoms with Crippen molar-refractivity contribution in [2.45, 2.75) is 64.6 Å². The Morgan fingerprint density at radius 3 is 2.50 bits per heavy atom. The summed E-state index contributed by atoms with van der Waals surface area (Å²) in [5.74, 6) is 0.752. The Hall–Kier alpha value is -2.08. The first-order chi connectivity index (χ1) is 14.8. The molecule has 2 amide bonds. The number of likely N-dealkylation sites (tertiary alicyclic amines) is 1. The van der Waals surface area contributed by atoms with E-state index >= 15 is 0 Å². The van der Waals surface area contributed by atoms with Gasteiger partial charge in [-0.2, -0.15) is 8.42 Å². The van der Waals surface area contributed by atoms with E-state index in [1.54, 1.807) is 25.7 Å². The molecule has 2 heterocycles. The predicted molar refractivity (Wildman–Crippen MR) is 119 cm³/mol. The number of amides is 2. The Morgan fingerprint density at radius 1 is 1.25 bits per heavy atom. The van der Waals surface area contributed by atoms with E-state index in [2.05, 4.69) is 4.99 Å². The van der Waals surface area contributed by atoms with Crippen molar-refractivity contribution >= 4 is 28.3 Å². The van der Waals surface area contributed by atoms with E-state index in [4.69, 9.17) is 19.4 Å². The number of nitrogens with zero attached hydrogens (tertiary/aromatic N) is 3. The van der Waals surface area contributed by atoms with Crippen LogP contribution in [0.5, 0.6) is 0 Å². The third-order valence-electron chi connectivity index (χ3n) is 5.25. The third kappa shape index (κ3) is 9.60. The Bertz CT molecular complexity index is 786. The predicted octanol–water partition coefficient (Wildman–Crippen LogP) is 1.92. The van der Waals surface area contributed by atoms with Gasteiger partial charge in [-0.05, 0) is 46.0 Å². The smallest absolute Gasteiger partial charge is 0.437 e. The average Bonchev–Trinajstić information content (AvgIpc) is 3.01. The lowest BCUT2D eigenvalue weighted by Gasteiger charge is -2.32. The molecule has 184 valence electrons. The minimum atomic E-state index is -3.55. The molecule has 32 heavy (non-hydrogen) atoms. The maximum Gasteiger partial charge on any atom is 0.437 e.